The van der Waals surface area contributed by atoms with Crippen LogP contribution < -0.4 is 5.32 Å². The first kappa shape index (κ1) is 11.6. The first-order valence-electron chi connectivity index (χ1n) is 5.34. The van der Waals surface area contributed by atoms with E-state index in [-0.39, 0.29) is 0 Å². The number of nitrogens with one attached hydrogen (secondary N) is 1. The standard InChI is InChI=1S/C11H17BrN2S/c1-8(11-10(12)4-6-15-11)13-9-3-5-14(2)7-9/h4,6,8-9,13H,3,5,7H2,1-2H3. The number of nitrogens with zero attached hydrogens (tertiary/aromatic N) is 1. The number of hydrogen-bond acceptors (Lipinski definition) is 3. The minimum atomic E-state index is 0.455. The molecule has 2 atom stereocenters. The Labute approximate surface area is 104 Å². The zero-order valence-corrected chi connectivity index (χ0v) is 11.6. The van der Waals surface area contributed by atoms with Crippen LogP contribution in [0.2, 0.25) is 0 Å². The molecular formula is C11H17BrN2S. The van der Waals surface area contributed by atoms with Crippen LogP contribution in [0.15, 0.2) is 15.9 Å². The molecule has 1 aliphatic rings. The molecule has 2 rings (SSSR count). The predicted molar refractivity (Wildman–Crippen MR) is 69.5 cm³/mol. The van der Waals surface area contributed by atoms with E-state index >= 15 is 0 Å². The topological polar surface area (TPSA) is 15.3 Å². The van der Waals surface area contributed by atoms with Gasteiger partial charge in [0.25, 0.3) is 0 Å². The first-order valence-corrected chi connectivity index (χ1v) is 7.01. The number of hydrogen-bond donors (Lipinski definition) is 1. The number of rotatable bonds is 3. The maximum absolute atomic E-state index is 3.69. The molecule has 1 saturated heterocycles. The van der Waals surface area contributed by atoms with E-state index in [2.05, 4.69) is 51.6 Å². The van der Waals surface area contributed by atoms with Crippen molar-refractivity contribution in [3.05, 3.63) is 20.8 Å². The van der Waals surface area contributed by atoms with Crippen molar-refractivity contribution < 1.29 is 0 Å². The van der Waals surface area contributed by atoms with Crippen LogP contribution in [0.1, 0.15) is 24.3 Å². The van der Waals surface area contributed by atoms with E-state index in [1.807, 2.05) is 11.3 Å². The summed E-state index contributed by atoms with van der Waals surface area (Å²) in [7, 11) is 2.19. The van der Waals surface area contributed by atoms with Gasteiger partial charge in [0, 0.05) is 28.0 Å². The molecule has 1 aromatic rings. The SMILES string of the molecule is CC(NC1CCN(C)C1)c1sccc1Br. The Morgan fingerprint density at radius 1 is 1.67 bits per heavy atom. The summed E-state index contributed by atoms with van der Waals surface area (Å²) >= 11 is 5.41. The molecule has 0 aromatic carbocycles. The molecule has 0 amide bonds. The van der Waals surface area contributed by atoms with Gasteiger partial charge in [-0.15, -0.1) is 11.3 Å². The molecule has 0 spiro atoms. The highest BCUT2D eigenvalue weighted by Crippen LogP contribution is 2.29. The third kappa shape index (κ3) is 2.81. The van der Waals surface area contributed by atoms with Crippen LogP contribution in [-0.2, 0) is 0 Å². The molecule has 0 aliphatic carbocycles. The van der Waals surface area contributed by atoms with Gasteiger partial charge in [0.1, 0.15) is 0 Å². The first-order chi connectivity index (χ1) is 7.16. The smallest absolute Gasteiger partial charge is 0.0400 e. The van der Waals surface area contributed by atoms with Crippen LogP contribution in [0, 0.1) is 0 Å². The van der Waals surface area contributed by atoms with Gasteiger partial charge in [0.15, 0.2) is 0 Å². The largest absolute Gasteiger partial charge is 0.305 e. The highest BCUT2D eigenvalue weighted by Gasteiger charge is 2.22. The Bertz CT molecular complexity index is 326. The van der Waals surface area contributed by atoms with Gasteiger partial charge in [0.05, 0.1) is 0 Å². The Morgan fingerprint density at radius 2 is 2.47 bits per heavy atom. The molecule has 0 radical (unpaired) electrons. The predicted octanol–water partition coefficient (Wildman–Crippen LogP) is 2.87. The fourth-order valence-electron chi connectivity index (χ4n) is 2.11. The van der Waals surface area contributed by atoms with Gasteiger partial charge in [-0.2, -0.15) is 0 Å². The zero-order chi connectivity index (χ0) is 10.8. The van der Waals surface area contributed by atoms with Crippen molar-refractivity contribution in [2.24, 2.45) is 0 Å². The Balaban J connectivity index is 1.92. The van der Waals surface area contributed by atoms with Crippen LogP contribution >= 0.6 is 27.3 Å². The molecule has 2 unspecified atom stereocenters. The molecule has 84 valence electrons. The van der Waals surface area contributed by atoms with Crippen molar-refractivity contribution >= 4 is 27.3 Å². The van der Waals surface area contributed by atoms with E-state index in [9.17, 15) is 0 Å². The summed E-state index contributed by atoms with van der Waals surface area (Å²) in [5.74, 6) is 0. The van der Waals surface area contributed by atoms with E-state index < -0.39 is 0 Å². The van der Waals surface area contributed by atoms with E-state index in [1.165, 1.54) is 28.9 Å². The lowest BCUT2D eigenvalue weighted by Gasteiger charge is -2.18. The Morgan fingerprint density at radius 3 is 3.00 bits per heavy atom. The Kier molecular flexibility index (Phi) is 3.83. The van der Waals surface area contributed by atoms with Gasteiger partial charge in [0.2, 0.25) is 0 Å². The lowest BCUT2D eigenvalue weighted by molar-refractivity contribution is 0.388. The summed E-state index contributed by atoms with van der Waals surface area (Å²) < 4.78 is 1.24. The quantitative estimate of drug-likeness (QED) is 0.920. The van der Waals surface area contributed by atoms with Crippen molar-refractivity contribution in [1.82, 2.24) is 10.2 Å². The average molecular weight is 289 g/mol. The van der Waals surface area contributed by atoms with Gasteiger partial charge in [-0.25, -0.2) is 0 Å². The van der Waals surface area contributed by atoms with Crippen molar-refractivity contribution in [2.45, 2.75) is 25.4 Å². The molecule has 0 saturated carbocycles. The molecule has 2 heterocycles. The maximum Gasteiger partial charge on any atom is 0.0400 e. The monoisotopic (exact) mass is 288 g/mol. The average Bonchev–Trinajstić information content (AvgIpc) is 2.75. The zero-order valence-electron chi connectivity index (χ0n) is 9.16. The van der Waals surface area contributed by atoms with E-state index in [4.69, 9.17) is 0 Å². The number of likely N-dealkylation sites (tertiary alicyclic amines) is 1. The summed E-state index contributed by atoms with van der Waals surface area (Å²) in [6.45, 7) is 4.64. The van der Waals surface area contributed by atoms with E-state index in [1.54, 1.807) is 0 Å². The van der Waals surface area contributed by atoms with E-state index in [0.717, 1.165) is 0 Å². The van der Waals surface area contributed by atoms with Crippen LogP contribution in [0.4, 0.5) is 0 Å². The van der Waals surface area contributed by atoms with Gasteiger partial charge in [-0.3, -0.25) is 0 Å². The van der Waals surface area contributed by atoms with Gasteiger partial charge < -0.3 is 10.2 Å². The van der Waals surface area contributed by atoms with Crippen LogP contribution in [0.5, 0.6) is 0 Å². The van der Waals surface area contributed by atoms with E-state index in [0.29, 0.717) is 12.1 Å². The number of thiophene rings is 1. The fourth-order valence-corrected chi connectivity index (χ4v) is 3.85. The molecular weight excluding hydrogens is 272 g/mol. The molecule has 1 aromatic heterocycles. The van der Waals surface area contributed by atoms with Gasteiger partial charge in [-0.05, 0) is 54.3 Å². The maximum atomic E-state index is 3.69. The highest BCUT2D eigenvalue weighted by atomic mass is 79.9. The summed E-state index contributed by atoms with van der Waals surface area (Å²) in [6, 6.07) is 3.23. The molecule has 0 bridgehead atoms. The molecule has 1 N–H and O–H groups in total. The highest BCUT2D eigenvalue weighted by molar-refractivity contribution is 9.10. The molecule has 15 heavy (non-hydrogen) atoms. The molecule has 1 fully saturated rings. The second kappa shape index (κ2) is 4.95. The Hall–Kier alpha value is 0.100. The fraction of sp³-hybridized carbons (Fsp3) is 0.636. The number of halogens is 1. The summed E-state index contributed by atoms with van der Waals surface area (Å²) in [5, 5.41) is 5.83. The van der Waals surface area contributed by atoms with Crippen LogP contribution in [0.25, 0.3) is 0 Å². The van der Waals surface area contributed by atoms with Crippen LogP contribution in [0.3, 0.4) is 0 Å². The molecule has 2 nitrogen and oxygen atoms in total. The number of likely N-dealkylation sites (N-methyl/N-ethyl adjacent to an activating group) is 1. The minimum absolute atomic E-state index is 0.455. The summed E-state index contributed by atoms with van der Waals surface area (Å²) in [4.78, 5) is 3.79. The van der Waals surface area contributed by atoms with Crippen molar-refractivity contribution in [1.29, 1.82) is 0 Å². The van der Waals surface area contributed by atoms with Crippen molar-refractivity contribution in [3.63, 3.8) is 0 Å². The van der Waals surface area contributed by atoms with Gasteiger partial charge in [-0.1, -0.05) is 0 Å². The normalized spacial score (nSPS) is 24.6. The van der Waals surface area contributed by atoms with Crippen molar-refractivity contribution in [3.8, 4) is 0 Å². The van der Waals surface area contributed by atoms with Gasteiger partial charge >= 0.3 is 0 Å². The third-order valence-electron chi connectivity index (χ3n) is 2.92. The second-order valence-corrected chi connectivity index (χ2v) is 6.07. The van der Waals surface area contributed by atoms with Crippen molar-refractivity contribution in [2.75, 3.05) is 20.1 Å². The second-order valence-electron chi connectivity index (χ2n) is 4.27. The summed E-state index contributed by atoms with van der Waals surface area (Å²) in [5.41, 5.74) is 0. The lowest BCUT2D eigenvalue weighted by atomic mass is 10.2. The summed E-state index contributed by atoms with van der Waals surface area (Å²) in [6.07, 6.45) is 1.27. The minimum Gasteiger partial charge on any atom is -0.305 e. The molecule has 4 heteroatoms. The third-order valence-corrected chi connectivity index (χ3v) is 4.97. The van der Waals surface area contributed by atoms with Crippen LogP contribution in [-0.4, -0.2) is 31.1 Å². The lowest BCUT2D eigenvalue weighted by Crippen LogP contribution is -2.33. The molecule has 1 aliphatic heterocycles.